The summed E-state index contributed by atoms with van der Waals surface area (Å²) in [6.45, 7) is 0.118. The average molecular weight is 366 g/mol. The second kappa shape index (κ2) is 6.65. The van der Waals surface area contributed by atoms with Crippen LogP contribution in [0, 0.1) is 0 Å². The molecule has 1 N–H and O–H groups in total. The number of anilines is 1. The first-order chi connectivity index (χ1) is 9.83. The van der Waals surface area contributed by atoms with Crippen LogP contribution < -0.4 is 5.32 Å². The molecule has 0 atom stereocenters. The van der Waals surface area contributed by atoms with Crippen LogP contribution in [0.1, 0.15) is 0 Å². The lowest BCUT2D eigenvalue weighted by Gasteiger charge is -2.34. The van der Waals surface area contributed by atoms with Gasteiger partial charge in [0.2, 0.25) is 0 Å². The Labute approximate surface area is 129 Å². The van der Waals surface area contributed by atoms with Gasteiger partial charge in [0.1, 0.15) is 0 Å². The highest BCUT2D eigenvalue weighted by molar-refractivity contribution is 9.10. The van der Waals surface area contributed by atoms with Crippen molar-refractivity contribution < 1.29 is 18.0 Å². The van der Waals surface area contributed by atoms with E-state index < -0.39 is 12.7 Å². The third-order valence-corrected chi connectivity index (χ3v) is 3.69. The van der Waals surface area contributed by atoms with E-state index in [-0.39, 0.29) is 19.1 Å². The van der Waals surface area contributed by atoms with E-state index in [1.54, 1.807) is 24.3 Å². The highest BCUT2D eigenvalue weighted by Gasteiger charge is 2.32. The van der Waals surface area contributed by atoms with Gasteiger partial charge < -0.3 is 10.2 Å². The number of urea groups is 1. The van der Waals surface area contributed by atoms with Crippen molar-refractivity contribution in [3.05, 3.63) is 28.7 Å². The van der Waals surface area contributed by atoms with E-state index >= 15 is 0 Å². The van der Waals surface area contributed by atoms with Crippen molar-refractivity contribution in [1.29, 1.82) is 0 Å². The zero-order valence-corrected chi connectivity index (χ0v) is 12.7. The summed E-state index contributed by atoms with van der Waals surface area (Å²) in [7, 11) is 0. The van der Waals surface area contributed by atoms with E-state index in [0.29, 0.717) is 18.8 Å². The van der Waals surface area contributed by atoms with Crippen molar-refractivity contribution >= 4 is 27.6 Å². The summed E-state index contributed by atoms with van der Waals surface area (Å²) in [5.41, 5.74) is 0.654. The molecule has 1 heterocycles. The number of carbonyl (C=O) groups excluding carboxylic acids is 1. The van der Waals surface area contributed by atoms with Gasteiger partial charge in [-0.15, -0.1) is 0 Å². The quantitative estimate of drug-likeness (QED) is 0.873. The van der Waals surface area contributed by atoms with Crippen LogP contribution in [-0.4, -0.2) is 54.7 Å². The van der Waals surface area contributed by atoms with Crippen molar-refractivity contribution in [2.24, 2.45) is 0 Å². The molecule has 116 valence electrons. The molecule has 0 unspecified atom stereocenters. The average Bonchev–Trinajstić information content (AvgIpc) is 2.40. The fourth-order valence-electron chi connectivity index (χ4n) is 2.10. The lowest BCUT2D eigenvalue weighted by molar-refractivity contribution is -0.148. The number of rotatable bonds is 2. The monoisotopic (exact) mass is 365 g/mol. The number of benzene rings is 1. The van der Waals surface area contributed by atoms with E-state index in [4.69, 9.17) is 0 Å². The predicted molar refractivity (Wildman–Crippen MR) is 77.2 cm³/mol. The Morgan fingerprint density at radius 2 is 1.71 bits per heavy atom. The second-order valence-corrected chi connectivity index (χ2v) is 5.73. The number of carbonyl (C=O) groups is 1. The van der Waals surface area contributed by atoms with Crippen molar-refractivity contribution in [2.75, 3.05) is 38.0 Å². The molecule has 1 aliphatic rings. The van der Waals surface area contributed by atoms with Gasteiger partial charge in [-0.25, -0.2) is 4.79 Å². The third-order valence-electron chi connectivity index (χ3n) is 3.16. The molecule has 1 fully saturated rings. The Kier molecular flexibility index (Phi) is 5.10. The topological polar surface area (TPSA) is 35.6 Å². The molecule has 2 rings (SSSR count). The Hall–Kier alpha value is -1.28. The second-order valence-electron chi connectivity index (χ2n) is 4.82. The van der Waals surface area contributed by atoms with Gasteiger partial charge in [-0.1, -0.05) is 15.9 Å². The summed E-state index contributed by atoms with van der Waals surface area (Å²) < 4.78 is 37.7. The molecular formula is C13H15BrF3N3O. The molecule has 8 heteroatoms. The van der Waals surface area contributed by atoms with Crippen LogP contribution in [0.3, 0.4) is 0 Å². The van der Waals surface area contributed by atoms with Crippen LogP contribution in [0.4, 0.5) is 23.7 Å². The largest absolute Gasteiger partial charge is 0.401 e. The van der Waals surface area contributed by atoms with E-state index in [0.717, 1.165) is 4.47 Å². The normalized spacial score (nSPS) is 16.9. The summed E-state index contributed by atoms with van der Waals surface area (Å²) >= 11 is 3.30. The maximum atomic E-state index is 12.3. The highest BCUT2D eigenvalue weighted by atomic mass is 79.9. The SMILES string of the molecule is O=C(Nc1ccc(Br)cc1)N1CCN(CC(F)(F)F)CC1. The first kappa shape index (κ1) is 16.1. The molecule has 0 bridgehead atoms. The molecule has 1 aliphatic heterocycles. The lowest BCUT2D eigenvalue weighted by Crippen LogP contribution is -2.51. The summed E-state index contributed by atoms with van der Waals surface area (Å²) in [6, 6.07) is 6.82. The number of nitrogens with one attached hydrogen (secondary N) is 1. The van der Waals surface area contributed by atoms with Gasteiger partial charge in [0.25, 0.3) is 0 Å². The van der Waals surface area contributed by atoms with Crippen molar-refractivity contribution in [1.82, 2.24) is 9.80 Å². The molecular weight excluding hydrogens is 351 g/mol. The van der Waals surface area contributed by atoms with Crippen LogP contribution in [0.5, 0.6) is 0 Å². The zero-order chi connectivity index (χ0) is 15.5. The van der Waals surface area contributed by atoms with Gasteiger partial charge in [0.15, 0.2) is 0 Å². The van der Waals surface area contributed by atoms with Gasteiger partial charge >= 0.3 is 12.2 Å². The molecule has 0 radical (unpaired) electrons. The van der Waals surface area contributed by atoms with Crippen LogP contribution >= 0.6 is 15.9 Å². The Morgan fingerprint density at radius 3 is 2.24 bits per heavy atom. The number of alkyl halides is 3. The summed E-state index contributed by atoms with van der Waals surface area (Å²) in [6.07, 6.45) is -4.19. The van der Waals surface area contributed by atoms with Crippen LogP contribution in [0.15, 0.2) is 28.7 Å². The molecule has 0 aromatic heterocycles. The Balaban J connectivity index is 1.81. The minimum atomic E-state index is -4.19. The van der Waals surface area contributed by atoms with E-state index in [9.17, 15) is 18.0 Å². The molecule has 0 saturated carbocycles. The van der Waals surface area contributed by atoms with Gasteiger partial charge in [-0.3, -0.25) is 4.90 Å². The minimum absolute atomic E-state index is 0.229. The Bertz CT molecular complexity index is 484. The van der Waals surface area contributed by atoms with Crippen molar-refractivity contribution in [3.8, 4) is 0 Å². The van der Waals surface area contributed by atoms with Crippen LogP contribution in [0.2, 0.25) is 0 Å². The molecule has 21 heavy (non-hydrogen) atoms. The predicted octanol–water partition coefficient (Wildman–Crippen LogP) is 3.16. The van der Waals surface area contributed by atoms with Crippen LogP contribution in [-0.2, 0) is 0 Å². The van der Waals surface area contributed by atoms with Crippen molar-refractivity contribution in [2.45, 2.75) is 6.18 Å². The standard InChI is InChI=1S/C13H15BrF3N3O/c14-10-1-3-11(4-2-10)18-12(21)20-7-5-19(6-8-20)9-13(15,16)17/h1-4H,5-9H2,(H,18,21). The van der Waals surface area contributed by atoms with E-state index in [2.05, 4.69) is 21.2 Å². The van der Waals surface area contributed by atoms with Gasteiger partial charge in [-0.05, 0) is 24.3 Å². The molecule has 0 spiro atoms. The fraction of sp³-hybridized carbons (Fsp3) is 0.462. The van der Waals surface area contributed by atoms with Gasteiger partial charge in [-0.2, -0.15) is 13.2 Å². The first-order valence-electron chi connectivity index (χ1n) is 6.44. The number of hydrogen-bond donors (Lipinski definition) is 1. The van der Waals surface area contributed by atoms with Gasteiger partial charge in [0, 0.05) is 36.3 Å². The van der Waals surface area contributed by atoms with E-state index in [1.165, 1.54) is 9.80 Å². The molecule has 4 nitrogen and oxygen atoms in total. The smallest absolute Gasteiger partial charge is 0.322 e. The maximum Gasteiger partial charge on any atom is 0.401 e. The number of nitrogens with zero attached hydrogens (tertiary/aromatic N) is 2. The minimum Gasteiger partial charge on any atom is -0.322 e. The number of amides is 2. The summed E-state index contributed by atoms with van der Waals surface area (Å²) in [4.78, 5) is 14.8. The van der Waals surface area contributed by atoms with E-state index in [1.807, 2.05) is 0 Å². The number of halogens is 4. The molecule has 1 saturated heterocycles. The third kappa shape index (κ3) is 5.20. The Morgan fingerprint density at radius 1 is 1.14 bits per heavy atom. The molecule has 2 amide bonds. The van der Waals surface area contributed by atoms with Gasteiger partial charge in [0.05, 0.1) is 6.54 Å². The highest BCUT2D eigenvalue weighted by Crippen LogP contribution is 2.18. The van der Waals surface area contributed by atoms with Crippen LogP contribution in [0.25, 0.3) is 0 Å². The number of piperazine rings is 1. The fourth-order valence-corrected chi connectivity index (χ4v) is 2.36. The molecule has 1 aromatic carbocycles. The molecule has 1 aromatic rings. The maximum absolute atomic E-state index is 12.3. The lowest BCUT2D eigenvalue weighted by atomic mass is 10.3. The summed E-state index contributed by atoms with van der Waals surface area (Å²) in [5.74, 6) is 0. The van der Waals surface area contributed by atoms with Crippen molar-refractivity contribution in [3.63, 3.8) is 0 Å². The summed E-state index contributed by atoms with van der Waals surface area (Å²) in [5, 5.41) is 2.73. The number of hydrogen-bond acceptors (Lipinski definition) is 2. The molecule has 0 aliphatic carbocycles. The first-order valence-corrected chi connectivity index (χ1v) is 7.23. The zero-order valence-electron chi connectivity index (χ0n) is 11.2.